The molecule has 7 nitrogen and oxygen atoms in total. The molecule has 108 valence electrons. The van der Waals surface area contributed by atoms with Crippen LogP contribution < -0.4 is 5.32 Å². The van der Waals surface area contributed by atoms with Crippen molar-refractivity contribution in [3.05, 3.63) is 48.1 Å². The number of carbonyl (C=O) groups excluding carboxylic acids is 1. The number of aromatic nitrogens is 5. The maximum atomic E-state index is 12.2. The molecule has 3 aromatic heterocycles. The summed E-state index contributed by atoms with van der Waals surface area (Å²) in [6.45, 7) is 3.85. The van der Waals surface area contributed by atoms with Gasteiger partial charge in [-0.2, -0.15) is 0 Å². The van der Waals surface area contributed by atoms with Crippen molar-refractivity contribution in [2.75, 3.05) is 0 Å². The van der Waals surface area contributed by atoms with E-state index in [1.54, 1.807) is 12.4 Å². The molecule has 0 fully saturated rings. The standard InChI is InChI=1S/C14H16N6O/c1-3-10(18-13(21)12-16-7-9(2)17-12)11-8-20-6-4-5-15-14(20)19-11/h4-8,10H,3H2,1-2H3,(H,16,17)(H,18,21). The first-order valence-corrected chi connectivity index (χ1v) is 6.79. The van der Waals surface area contributed by atoms with Crippen LogP contribution in [0.1, 0.15) is 41.4 Å². The van der Waals surface area contributed by atoms with Gasteiger partial charge in [0.25, 0.3) is 5.91 Å². The quantitative estimate of drug-likeness (QED) is 0.762. The largest absolute Gasteiger partial charge is 0.341 e. The van der Waals surface area contributed by atoms with E-state index in [4.69, 9.17) is 0 Å². The minimum absolute atomic E-state index is 0.176. The molecular formula is C14H16N6O. The highest BCUT2D eigenvalue weighted by atomic mass is 16.2. The fourth-order valence-corrected chi connectivity index (χ4v) is 2.16. The molecule has 1 amide bonds. The highest BCUT2D eigenvalue weighted by Gasteiger charge is 2.18. The minimum atomic E-state index is -0.236. The van der Waals surface area contributed by atoms with Gasteiger partial charge in [-0.3, -0.25) is 9.20 Å². The first-order chi connectivity index (χ1) is 10.2. The number of carbonyl (C=O) groups is 1. The van der Waals surface area contributed by atoms with Gasteiger partial charge in [-0.05, 0) is 19.4 Å². The number of hydrogen-bond acceptors (Lipinski definition) is 4. The van der Waals surface area contributed by atoms with Crippen molar-refractivity contribution in [2.45, 2.75) is 26.3 Å². The van der Waals surface area contributed by atoms with Gasteiger partial charge >= 0.3 is 0 Å². The molecule has 1 atom stereocenters. The monoisotopic (exact) mass is 284 g/mol. The molecule has 0 aromatic carbocycles. The van der Waals surface area contributed by atoms with Gasteiger partial charge in [-0.15, -0.1) is 0 Å². The molecule has 0 aliphatic carbocycles. The Morgan fingerprint density at radius 3 is 3.00 bits per heavy atom. The lowest BCUT2D eigenvalue weighted by Crippen LogP contribution is -2.29. The molecule has 0 spiro atoms. The molecule has 0 saturated heterocycles. The van der Waals surface area contributed by atoms with Gasteiger partial charge in [-0.1, -0.05) is 6.92 Å². The molecule has 2 N–H and O–H groups in total. The molecule has 0 aliphatic rings. The first kappa shape index (κ1) is 13.3. The van der Waals surface area contributed by atoms with Crippen LogP contribution in [0.5, 0.6) is 0 Å². The number of H-pyrrole nitrogens is 1. The smallest absolute Gasteiger partial charge is 0.287 e. The Morgan fingerprint density at radius 1 is 1.48 bits per heavy atom. The third-order valence-electron chi connectivity index (χ3n) is 3.24. The van der Waals surface area contributed by atoms with Crippen molar-refractivity contribution in [3.63, 3.8) is 0 Å². The molecule has 21 heavy (non-hydrogen) atoms. The summed E-state index contributed by atoms with van der Waals surface area (Å²) in [6.07, 6.45) is 7.81. The van der Waals surface area contributed by atoms with E-state index in [0.29, 0.717) is 11.6 Å². The Labute approximate surface area is 121 Å². The number of imidazole rings is 2. The van der Waals surface area contributed by atoms with E-state index in [1.165, 1.54) is 0 Å². The summed E-state index contributed by atoms with van der Waals surface area (Å²) >= 11 is 0. The lowest BCUT2D eigenvalue weighted by atomic mass is 10.1. The third-order valence-corrected chi connectivity index (χ3v) is 3.24. The predicted octanol–water partition coefficient (Wildman–Crippen LogP) is 1.64. The summed E-state index contributed by atoms with van der Waals surface area (Å²) in [4.78, 5) is 27.7. The summed E-state index contributed by atoms with van der Waals surface area (Å²) in [5.74, 6) is 0.696. The number of hydrogen-bond donors (Lipinski definition) is 2. The Bertz CT molecular complexity index is 741. The second-order valence-corrected chi connectivity index (χ2v) is 4.84. The Balaban J connectivity index is 1.83. The van der Waals surface area contributed by atoms with Crippen LogP contribution in [0.3, 0.4) is 0 Å². The van der Waals surface area contributed by atoms with Gasteiger partial charge in [0.1, 0.15) is 0 Å². The number of nitrogens with zero attached hydrogens (tertiary/aromatic N) is 4. The number of nitrogens with one attached hydrogen (secondary N) is 2. The molecule has 3 aromatic rings. The van der Waals surface area contributed by atoms with Crippen molar-refractivity contribution in [1.29, 1.82) is 0 Å². The zero-order valence-corrected chi connectivity index (χ0v) is 11.9. The Kier molecular flexibility index (Phi) is 3.39. The summed E-state index contributed by atoms with van der Waals surface area (Å²) < 4.78 is 1.83. The first-order valence-electron chi connectivity index (χ1n) is 6.79. The number of aromatic amines is 1. The molecule has 3 heterocycles. The topological polar surface area (TPSA) is 88.0 Å². The molecular weight excluding hydrogens is 268 g/mol. The van der Waals surface area contributed by atoms with E-state index in [-0.39, 0.29) is 11.9 Å². The van der Waals surface area contributed by atoms with Gasteiger partial charge in [0.2, 0.25) is 5.78 Å². The average molecular weight is 284 g/mol. The van der Waals surface area contributed by atoms with E-state index in [0.717, 1.165) is 17.8 Å². The van der Waals surface area contributed by atoms with Crippen molar-refractivity contribution < 1.29 is 4.79 Å². The summed E-state index contributed by atoms with van der Waals surface area (Å²) in [7, 11) is 0. The van der Waals surface area contributed by atoms with Crippen molar-refractivity contribution in [2.24, 2.45) is 0 Å². The van der Waals surface area contributed by atoms with Gasteiger partial charge in [-0.25, -0.2) is 15.0 Å². The van der Waals surface area contributed by atoms with Gasteiger partial charge < -0.3 is 10.3 Å². The molecule has 0 radical (unpaired) electrons. The zero-order chi connectivity index (χ0) is 14.8. The van der Waals surface area contributed by atoms with Crippen LogP contribution >= 0.6 is 0 Å². The molecule has 0 aliphatic heterocycles. The van der Waals surface area contributed by atoms with Gasteiger partial charge in [0.05, 0.1) is 11.7 Å². The maximum absolute atomic E-state index is 12.2. The number of aryl methyl sites for hydroxylation is 1. The molecule has 0 bridgehead atoms. The Morgan fingerprint density at radius 2 is 2.33 bits per heavy atom. The van der Waals surface area contributed by atoms with Crippen LogP contribution in [-0.2, 0) is 0 Å². The van der Waals surface area contributed by atoms with Crippen molar-refractivity contribution in [1.82, 2.24) is 29.7 Å². The van der Waals surface area contributed by atoms with E-state index in [1.807, 2.05) is 36.7 Å². The van der Waals surface area contributed by atoms with Gasteiger partial charge in [0, 0.05) is 30.5 Å². The van der Waals surface area contributed by atoms with Crippen molar-refractivity contribution >= 4 is 11.7 Å². The van der Waals surface area contributed by atoms with E-state index >= 15 is 0 Å². The lowest BCUT2D eigenvalue weighted by molar-refractivity contribution is 0.0925. The fraction of sp³-hybridized carbons (Fsp3) is 0.286. The number of amides is 1. The number of fused-ring (bicyclic) bond motifs is 1. The summed E-state index contributed by atoms with van der Waals surface area (Å²) in [5.41, 5.74) is 1.64. The summed E-state index contributed by atoms with van der Waals surface area (Å²) in [6, 6.07) is 1.66. The van der Waals surface area contributed by atoms with Crippen LogP contribution in [0.25, 0.3) is 5.78 Å². The highest BCUT2D eigenvalue weighted by molar-refractivity contribution is 5.90. The maximum Gasteiger partial charge on any atom is 0.287 e. The van der Waals surface area contributed by atoms with Crippen molar-refractivity contribution in [3.8, 4) is 0 Å². The van der Waals surface area contributed by atoms with Crippen LogP contribution in [0, 0.1) is 6.92 Å². The third kappa shape index (κ3) is 2.62. The normalized spacial score (nSPS) is 12.5. The second kappa shape index (κ2) is 5.35. The SMILES string of the molecule is CCC(NC(=O)c1ncc(C)[nH]1)c1cn2cccnc2n1. The summed E-state index contributed by atoms with van der Waals surface area (Å²) in [5, 5.41) is 2.94. The van der Waals surface area contributed by atoms with E-state index < -0.39 is 0 Å². The Hall–Kier alpha value is -2.70. The number of rotatable bonds is 4. The van der Waals surface area contributed by atoms with Gasteiger partial charge in [0.15, 0.2) is 5.82 Å². The molecule has 7 heteroatoms. The predicted molar refractivity (Wildman–Crippen MR) is 76.8 cm³/mol. The molecule has 1 unspecified atom stereocenters. The van der Waals surface area contributed by atoms with E-state index in [9.17, 15) is 4.79 Å². The fourth-order valence-electron chi connectivity index (χ4n) is 2.16. The molecule has 0 saturated carbocycles. The van der Waals surface area contributed by atoms with Crippen LogP contribution in [0.2, 0.25) is 0 Å². The van der Waals surface area contributed by atoms with Crippen LogP contribution in [-0.4, -0.2) is 30.2 Å². The van der Waals surface area contributed by atoms with Crippen LogP contribution in [0.15, 0.2) is 30.9 Å². The molecule has 3 rings (SSSR count). The lowest BCUT2D eigenvalue weighted by Gasteiger charge is -2.13. The van der Waals surface area contributed by atoms with Crippen LogP contribution in [0.4, 0.5) is 0 Å². The average Bonchev–Trinajstić information content (AvgIpc) is 3.10. The minimum Gasteiger partial charge on any atom is -0.341 e. The zero-order valence-electron chi connectivity index (χ0n) is 11.9. The highest BCUT2D eigenvalue weighted by Crippen LogP contribution is 2.16. The van der Waals surface area contributed by atoms with E-state index in [2.05, 4.69) is 25.3 Å². The second-order valence-electron chi connectivity index (χ2n) is 4.84.